The van der Waals surface area contributed by atoms with E-state index in [1.165, 1.54) is 12.8 Å². The standard InChI is InChI=1S/C25H38N4O3/c1-15-14-27(11-12-28(15)24(31)32-25(4,5)6)19-9-10-21-20(13-19)22(26)16(2)23(18-7-8-18)29(21)17(3)30/h9-10,13,15-16,18,22-23H,7-8,11-12,14,26H2,1-6H3/t15-,16-,22-,23-/m1/s1. The van der Waals surface area contributed by atoms with Crippen molar-refractivity contribution in [2.45, 2.75) is 78.1 Å². The molecule has 1 saturated heterocycles. The number of amides is 2. The van der Waals surface area contributed by atoms with E-state index in [9.17, 15) is 9.59 Å². The van der Waals surface area contributed by atoms with Gasteiger partial charge in [0.05, 0.1) is 0 Å². The Kier molecular flexibility index (Phi) is 5.90. The molecule has 4 atom stereocenters. The molecule has 2 N–H and O–H groups in total. The minimum Gasteiger partial charge on any atom is -0.444 e. The second-order valence-electron chi connectivity index (χ2n) is 10.8. The van der Waals surface area contributed by atoms with E-state index in [4.69, 9.17) is 10.5 Å². The first-order chi connectivity index (χ1) is 15.0. The number of nitrogens with zero attached hydrogens (tertiary/aromatic N) is 3. The van der Waals surface area contributed by atoms with Gasteiger partial charge in [-0.15, -0.1) is 0 Å². The van der Waals surface area contributed by atoms with Crippen molar-refractivity contribution in [2.75, 3.05) is 29.4 Å². The smallest absolute Gasteiger partial charge is 0.410 e. The molecule has 4 rings (SSSR count). The molecule has 7 nitrogen and oxygen atoms in total. The molecule has 1 saturated carbocycles. The van der Waals surface area contributed by atoms with Gasteiger partial charge in [-0.3, -0.25) is 4.79 Å². The largest absolute Gasteiger partial charge is 0.444 e. The molecular formula is C25H38N4O3. The van der Waals surface area contributed by atoms with E-state index in [2.05, 4.69) is 36.9 Å². The lowest BCUT2D eigenvalue weighted by Gasteiger charge is -2.45. The fourth-order valence-electron chi connectivity index (χ4n) is 5.36. The van der Waals surface area contributed by atoms with Gasteiger partial charge < -0.3 is 25.2 Å². The predicted molar refractivity (Wildman–Crippen MR) is 127 cm³/mol. The second kappa shape index (κ2) is 8.25. The molecule has 0 radical (unpaired) electrons. The summed E-state index contributed by atoms with van der Waals surface area (Å²) in [6.45, 7) is 13.6. The third-order valence-corrected chi connectivity index (χ3v) is 7.10. The molecule has 3 aliphatic rings. The lowest BCUT2D eigenvalue weighted by molar-refractivity contribution is -0.117. The Balaban J connectivity index is 1.55. The van der Waals surface area contributed by atoms with Crippen molar-refractivity contribution in [3.63, 3.8) is 0 Å². The number of rotatable bonds is 2. The number of anilines is 2. The minimum atomic E-state index is -0.500. The van der Waals surface area contributed by atoms with Crippen molar-refractivity contribution in [3.8, 4) is 0 Å². The van der Waals surface area contributed by atoms with Gasteiger partial charge in [-0.05, 0) is 76.1 Å². The molecule has 32 heavy (non-hydrogen) atoms. The molecule has 0 bridgehead atoms. The van der Waals surface area contributed by atoms with E-state index in [1.807, 2.05) is 30.6 Å². The number of hydrogen-bond donors (Lipinski definition) is 1. The maximum atomic E-state index is 12.6. The van der Waals surface area contributed by atoms with Crippen LogP contribution in [0.5, 0.6) is 0 Å². The highest BCUT2D eigenvalue weighted by molar-refractivity contribution is 5.94. The summed E-state index contributed by atoms with van der Waals surface area (Å²) < 4.78 is 5.57. The maximum Gasteiger partial charge on any atom is 0.410 e. The fourth-order valence-corrected chi connectivity index (χ4v) is 5.36. The minimum absolute atomic E-state index is 0.0372. The van der Waals surface area contributed by atoms with Crippen LogP contribution in [-0.4, -0.2) is 54.2 Å². The molecule has 0 unspecified atom stereocenters. The van der Waals surface area contributed by atoms with Gasteiger partial charge in [0.1, 0.15) is 5.60 Å². The van der Waals surface area contributed by atoms with Crippen LogP contribution in [0.1, 0.15) is 66.0 Å². The number of carbonyl (C=O) groups excluding carboxylic acids is 2. The van der Waals surface area contributed by atoms with Gasteiger partial charge in [0, 0.05) is 56.1 Å². The lowest BCUT2D eigenvalue weighted by atomic mass is 9.80. The van der Waals surface area contributed by atoms with E-state index in [1.54, 1.807) is 6.92 Å². The van der Waals surface area contributed by atoms with Crippen molar-refractivity contribution in [2.24, 2.45) is 17.6 Å². The van der Waals surface area contributed by atoms with Gasteiger partial charge in [-0.25, -0.2) is 4.79 Å². The van der Waals surface area contributed by atoms with Gasteiger partial charge in [0.15, 0.2) is 0 Å². The summed E-state index contributed by atoms with van der Waals surface area (Å²) in [5.74, 6) is 0.876. The molecular weight excluding hydrogens is 404 g/mol. The van der Waals surface area contributed by atoms with E-state index in [-0.39, 0.29) is 36.0 Å². The fraction of sp³-hybridized carbons (Fsp3) is 0.680. The highest BCUT2D eigenvalue weighted by Crippen LogP contribution is 2.49. The van der Waals surface area contributed by atoms with E-state index < -0.39 is 5.60 Å². The SMILES string of the molecule is CC(=O)N1c2ccc(N3CCN(C(=O)OC(C)(C)C)[C@H](C)C3)cc2[C@H](N)[C@@H](C)[C@@H]1C1CC1. The molecule has 0 aromatic heterocycles. The highest BCUT2D eigenvalue weighted by atomic mass is 16.6. The zero-order valence-electron chi connectivity index (χ0n) is 20.3. The predicted octanol–water partition coefficient (Wildman–Crippen LogP) is 3.91. The number of carbonyl (C=O) groups is 2. The van der Waals surface area contributed by atoms with Gasteiger partial charge >= 0.3 is 6.09 Å². The van der Waals surface area contributed by atoms with Crippen molar-refractivity contribution >= 4 is 23.4 Å². The van der Waals surface area contributed by atoms with Crippen LogP contribution in [0.15, 0.2) is 18.2 Å². The number of ether oxygens (including phenoxy) is 1. The summed E-state index contributed by atoms with van der Waals surface area (Å²) >= 11 is 0. The third-order valence-electron chi connectivity index (χ3n) is 7.10. The zero-order chi connectivity index (χ0) is 23.4. The third kappa shape index (κ3) is 4.32. The summed E-state index contributed by atoms with van der Waals surface area (Å²) in [4.78, 5) is 31.3. The van der Waals surface area contributed by atoms with Gasteiger partial charge in [-0.2, -0.15) is 0 Å². The van der Waals surface area contributed by atoms with Crippen molar-refractivity contribution in [1.82, 2.24) is 4.90 Å². The Morgan fingerprint density at radius 1 is 1.12 bits per heavy atom. The van der Waals surface area contributed by atoms with Crippen LogP contribution >= 0.6 is 0 Å². The molecule has 176 valence electrons. The van der Waals surface area contributed by atoms with Crippen LogP contribution in [-0.2, 0) is 9.53 Å². The maximum absolute atomic E-state index is 12.6. The van der Waals surface area contributed by atoms with Crippen LogP contribution in [0.25, 0.3) is 0 Å². The first-order valence-electron chi connectivity index (χ1n) is 11.9. The number of nitrogens with two attached hydrogens (primary N) is 1. The average molecular weight is 443 g/mol. The molecule has 2 fully saturated rings. The highest BCUT2D eigenvalue weighted by Gasteiger charge is 2.46. The van der Waals surface area contributed by atoms with E-state index >= 15 is 0 Å². The Hall–Kier alpha value is -2.28. The number of piperazine rings is 1. The van der Waals surface area contributed by atoms with Crippen LogP contribution < -0.4 is 15.5 Å². The molecule has 2 heterocycles. The summed E-state index contributed by atoms with van der Waals surface area (Å²) in [6, 6.07) is 6.46. The molecule has 0 spiro atoms. The van der Waals surface area contributed by atoms with Crippen LogP contribution in [0.3, 0.4) is 0 Å². The molecule has 1 aliphatic carbocycles. The summed E-state index contributed by atoms with van der Waals surface area (Å²) in [6.07, 6.45) is 2.10. The second-order valence-corrected chi connectivity index (χ2v) is 10.8. The quantitative estimate of drug-likeness (QED) is 0.751. The van der Waals surface area contributed by atoms with Crippen LogP contribution in [0.4, 0.5) is 16.2 Å². The normalized spacial score (nSPS) is 28.4. The molecule has 2 aliphatic heterocycles. The van der Waals surface area contributed by atoms with Gasteiger partial charge in [0.2, 0.25) is 5.91 Å². The Morgan fingerprint density at radius 2 is 1.81 bits per heavy atom. The summed E-state index contributed by atoms with van der Waals surface area (Å²) in [5, 5.41) is 0. The topological polar surface area (TPSA) is 79.1 Å². The monoisotopic (exact) mass is 442 g/mol. The lowest BCUT2D eigenvalue weighted by Crippen LogP contribution is -2.55. The number of hydrogen-bond acceptors (Lipinski definition) is 5. The Labute approximate surface area is 191 Å². The average Bonchev–Trinajstić information content (AvgIpc) is 3.53. The molecule has 1 aromatic rings. The molecule has 1 aromatic carbocycles. The van der Waals surface area contributed by atoms with Gasteiger partial charge in [-0.1, -0.05) is 6.92 Å². The van der Waals surface area contributed by atoms with Crippen molar-refractivity contribution < 1.29 is 14.3 Å². The van der Waals surface area contributed by atoms with Crippen molar-refractivity contribution in [1.29, 1.82) is 0 Å². The zero-order valence-corrected chi connectivity index (χ0v) is 20.3. The molecule has 2 amide bonds. The number of benzene rings is 1. The van der Waals surface area contributed by atoms with Gasteiger partial charge in [0.25, 0.3) is 0 Å². The summed E-state index contributed by atoms with van der Waals surface area (Å²) in [7, 11) is 0. The van der Waals surface area contributed by atoms with Crippen molar-refractivity contribution in [3.05, 3.63) is 23.8 Å². The number of fused-ring (bicyclic) bond motifs is 1. The Bertz CT molecular complexity index is 892. The van der Waals surface area contributed by atoms with E-state index in [0.717, 1.165) is 30.0 Å². The first kappa shape index (κ1) is 22.9. The molecule has 7 heteroatoms. The van der Waals surface area contributed by atoms with E-state index in [0.29, 0.717) is 12.5 Å². The Morgan fingerprint density at radius 3 is 2.38 bits per heavy atom. The summed E-state index contributed by atoms with van der Waals surface area (Å²) in [5.41, 5.74) is 9.33. The van der Waals surface area contributed by atoms with Crippen LogP contribution in [0.2, 0.25) is 0 Å². The van der Waals surface area contributed by atoms with Crippen LogP contribution in [0, 0.1) is 11.8 Å². The first-order valence-corrected chi connectivity index (χ1v) is 11.9.